The molecule has 0 amide bonds. The van der Waals surface area contributed by atoms with E-state index in [9.17, 15) is 8.78 Å². The zero-order valence-electron chi connectivity index (χ0n) is 11.0. The highest BCUT2D eigenvalue weighted by atomic mass is 19.3. The number of halogens is 2. The van der Waals surface area contributed by atoms with Gasteiger partial charge in [-0.2, -0.15) is 4.98 Å². The summed E-state index contributed by atoms with van der Waals surface area (Å²) in [5.41, 5.74) is -0.429. The molecule has 6 heteroatoms. The molecule has 1 unspecified atom stereocenters. The molecule has 1 aromatic heterocycles. The summed E-state index contributed by atoms with van der Waals surface area (Å²) in [6, 6.07) is 0. The van der Waals surface area contributed by atoms with Gasteiger partial charge in [-0.3, -0.25) is 0 Å². The highest BCUT2D eigenvalue weighted by Crippen LogP contribution is 2.43. The van der Waals surface area contributed by atoms with E-state index < -0.39 is 11.5 Å². The van der Waals surface area contributed by atoms with Crippen LogP contribution in [0.15, 0.2) is 4.52 Å². The van der Waals surface area contributed by atoms with Crippen LogP contribution >= 0.6 is 0 Å². The average molecular weight is 259 g/mol. The number of nitrogens with zero attached hydrogens (tertiary/aromatic N) is 2. The van der Waals surface area contributed by atoms with E-state index in [1.807, 2.05) is 20.8 Å². The lowest BCUT2D eigenvalue weighted by Gasteiger charge is -2.20. The minimum absolute atomic E-state index is 0.0852. The molecule has 1 N–H and O–H groups in total. The molecular formula is C12H19F2N3O. The lowest BCUT2D eigenvalue weighted by Crippen LogP contribution is -2.36. The minimum atomic E-state index is -2.58. The van der Waals surface area contributed by atoms with E-state index in [-0.39, 0.29) is 18.8 Å². The van der Waals surface area contributed by atoms with Gasteiger partial charge in [-0.05, 0) is 26.8 Å². The fourth-order valence-corrected chi connectivity index (χ4v) is 2.34. The smallest absolute Gasteiger partial charge is 0.248 e. The van der Waals surface area contributed by atoms with E-state index >= 15 is 0 Å². The summed E-state index contributed by atoms with van der Waals surface area (Å²) in [5, 5.41) is 7.07. The van der Waals surface area contributed by atoms with Gasteiger partial charge in [0.15, 0.2) is 5.82 Å². The zero-order valence-corrected chi connectivity index (χ0v) is 11.0. The number of hydrogen-bond donors (Lipinski definition) is 1. The van der Waals surface area contributed by atoms with Crippen LogP contribution in [0.2, 0.25) is 0 Å². The fraction of sp³-hybridized carbons (Fsp3) is 0.833. The first-order valence-corrected chi connectivity index (χ1v) is 6.31. The number of nitrogens with one attached hydrogen (secondary N) is 1. The van der Waals surface area contributed by atoms with Gasteiger partial charge in [0.25, 0.3) is 0 Å². The topological polar surface area (TPSA) is 51.0 Å². The normalized spacial score (nSPS) is 23.5. The first kappa shape index (κ1) is 13.4. The number of hydrogen-bond acceptors (Lipinski definition) is 4. The Kier molecular flexibility index (Phi) is 3.40. The van der Waals surface area contributed by atoms with E-state index in [0.29, 0.717) is 18.1 Å². The summed E-state index contributed by atoms with van der Waals surface area (Å²) in [5.74, 6) is -2.00. The third kappa shape index (κ3) is 2.68. The fourth-order valence-electron chi connectivity index (χ4n) is 2.34. The molecule has 1 aliphatic carbocycles. The van der Waals surface area contributed by atoms with E-state index in [2.05, 4.69) is 15.5 Å². The van der Waals surface area contributed by atoms with Gasteiger partial charge in [0.2, 0.25) is 11.8 Å². The molecule has 1 heterocycles. The Labute approximate surface area is 105 Å². The molecule has 1 saturated carbocycles. The minimum Gasteiger partial charge on any atom is -0.337 e. The van der Waals surface area contributed by atoms with Crippen LogP contribution in [0, 0.1) is 0 Å². The Morgan fingerprint density at radius 3 is 2.78 bits per heavy atom. The SMILES string of the molecule is CCNC(C)(C)c1nc(C2CCC(F)(F)C2)no1. The van der Waals surface area contributed by atoms with Gasteiger partial charge >= 0.3 is 0 Å². The van der Waals surface area contributed by atoms with Crippen LogP contribution in [-0.2, 0) is 5.54 Å². The summed E-state index contributed by atoms with van der Waals surface area (Å²) >= 11 is 0. The highest BCUT2D eigenvalue weighted by molar-refractivity contribution is 5.05. The Bertz CT molecular complexity index is 417. The van der Waals surface area contributed by atoms with Crippen molar-refractivity contribution < 1.29 is 13.3 Å². The van der Waals surface area contributed by atoms with Crippen LogP contribution in [-0.4, -0.2) is 22.6 Å². The lowest BCUT2D eigenvalue weighted by molar-refractivity contribution is 0.00749. The van der Waals surface area contributed by atoms with Gasteiger partial charge < -0.3 is 9.84 Å². The molecule has 0 radical (unpaired) electrons. The molecule has 4 nitrogen and oxygen atoms in total. The maximum atomic E-state index is 13.1. The Balaban J connectivity index is 2.12. The molecule has 1 aromatic rings. The Morgan fingerprint density at radius 1 is 1.50 bits per heavy atom. The molecule has 0 spiro atoms. The zero-order chi connectivity index (χ0) is 13.4. The first-order chi connectivity index (χ1) is 8.34. The highest BCUT2D eigenvalue weighted by Gasteiger charge is 2.42. The molecule has 0 aromatic carbocycles. The van der Waals surface area contributed by atoms with E-state index in [1.165, 1.54) is 0 Å². The molecule has 1 aliphatic rings. The van der Waals surface area contributed by atoms with E-state index in [4.69, 9.17) is 4.52 Å². The van der Waals surface area contributed by atoms with Crippen molar-refractivity contribution in [2.24, 2.45) is 0 Å². The summed E-state index contributed by atoms with van der Waals surface area (Å²) in [7, 11) is 0. The standard InChI is InChI=1S/C12H19F2N3O/c1-4-15-11(2,3)10-16-9(17-18-10)8-5-6-12(13,14)7-8/h8,15H,4-7H2,1-3H3. The van der Waals surface area contributed by atoms with E-state index in [1.54, 1.807) is 0 Å². The molecule has 0 bridgehead atoms. The largest absolute Gasteiger partial charge is 0.337 e. The predicted octanol–water partition coefficient (Wildman–Crippen LogP) is 2.82. The lowest BCUT2D eigenvalue weighted by atomic mass is 10.1. The second-order valence-corrected chi connectivity index (χ2v) is 5.41. The molecule has 2 rings (SSSR count). The molecule has 18 heavy (non-hydrogen) atoms. The maximum absolute atomic E-state index is 13.1. The molecule has 1 atom stereocenters. The number of rotatable bonds is 4. The third-order valence-corrected chi connectivity index (χ3v) is 3.36. The summed E-state index contributed by atoms with van der Waals surface area (Å²) in [4.78, 5) is 4.27. The molecule has 1 fully saturated rings. The Hall–Kier alpha value is -1.04. The van der Waals surface area contributed by atoms with Gasteiger partial charge in [0, 0.05) is 18.8 Å². The molecule has 102 valence electrons. The van der Waals surface area contributed by atoms with Crippen LogP contribution in [0.25, 0.3) is 0 Å². The average Bonchev–Trinajstić information content (AvgIpc) is 2.84. The monoisotopic (exact) mass is 259 g/mol. The number of alkyl halides is 2. The Morgan fingerprint density at radius 2 is 2.22 bits per heavy atom. The van der Waals surface area contributed by atoms with Gasteiger partial charge in [-0.25, -0.2) is 8.78 Å². The van der Waals surface area contributed by atoms with Crippen molar-refractivity contribution in [2.75, 3.05) is 6.54 Å². The van der Waals surface area contributed by atoms with Gasteiger partial charge in [0.1, 0.15) is 0 Å². The van der Waals surface area contributed by atoms with Crippen molar-refractivity contribution >= 4 is 0 Å². The van der Waals surface area contributed by atoms with Gasteiger partial charge in [0.05, 0.1) is 5.54 Å². The quantitative estimate of drug-likeness (QED) is 0.903. The van der Waals surface area contributed by atoms with Crippen molar-refractivity contribution in [3.63, 3.8) is 0 Å². The first-order valence-electron chi connectivity index (χ1n) is 6.31. The van der Waals surface area contributed by atoms with Crippen LogP contribution in [0.5, 0.6) is 0 Å². The predicted molar refractivity (Wildman–Crippen MR) is 62.5 cm³/mol. The van der Waals surface area contributed by atoms with Crippen molar-refractivity contribution in [3.8, 4) is 0 Å². The second-order valence-electron chi connectivity index (χ2n) is 5.41. The third-order valence-electron chi connectivity index (χ3n) is 3.36. The van der Waals surface area contributed by atoms with Crippen LogP contribution in [0.1, 0.15) is 57.7 Å². The van der Waals surface area contributed by atoms with Crippen molar-refractivity contribution in [2.45, 2.75) is 57.4 Å². The summed E-state index contributed by atoms with van der Waals surface area (Å²) < 4.78 is 31.5. The van der Waals surface area contributed by atoms with Crippen molar-refractivity contribution in [3.05, 3.63) is 11.7 Å². The van der Waals surface area contributed by atoms with Crippen LogP contribution in [0.3, 0.4) is 0 Å². The maximum Gasteiger partial charge on any atom is 0.248 e. The number of aromatic nitrogens is 2. The van der Waals surface area contributed by atoms with E-state index in [0.717, 1.165) is 6.54 Å². The van der Waals surface area contributed by atoms with Crippen molar-refractivity contribution in [1.82, 2.24) is 15.5 Å². The van der Waals surface area contributed by atoms with Crippen LogP contribution < -0.4 is 5.32 Å². The summed E-state index contributed by atoms with van der Waals surface area (Å²) in [6.45, 7) is 6.61. The molecule has 0 saturated heterocycles. The second kappa shape index (κ2) is 4.57. The van der Waals surface area contributed by atoms with Gasteiger partial charge in [-0.1, -0.05) is 12.1 Å². The summed E-state index contributed by atoms with van der Waals surface area (Å²) in [6.07, 6.45) is 0.166. The molecular weight excluding hydrogens is 240 g/mol. The van der Waals surface area contributed by atoms with Crippen LogP contribution in [0.4, 0.5) is 8.78 Å². The van der Waals surface area contributed by atoms with Crippen molar-refractivity contribution in [1.29, 1.82) is 0 Å². The van der Waals surface area contributed by atoms with Gasteiger partial charge in [-0.15, -0.1) is 0 Å². The molecule has 0 aliphatic heterocycles.